The van der Waals surface area contributed by atoms with Crippen molar-refractivity contribution in [2.75, 3.05) is 0 Å². The Balaban J connectivity index is 2.59. The zero-order valence-electron chi connectivity index (χ0n) is 5.23. The third-order valence-corrected chi connectivity index (χ3v) is 1.39. The maximum Gasteiger partial charge on any atom is 0.163 e. The van der Waals surface area contributed by atoms with Gasteiger partial charge in [-0.15, -0.1) is 0 Å². The van der Waals surface area contributed by atoms with E-state index < -0.39 is 0 Å². The molecule has 50 valence electrons. The Labute approximate surface area is 57.8 Å². The lowest BCUT2D eigenvalue weighted by molar-refractivity contribution is 0.745. The van der Waals surface area contributed by atoms with Crippen LogP contribution in [0, 0.1) is 0 Å². The molecule has 10 heavy (non-hydrogen) atoms. The largest absolute Gasteiger partial charge is 0.303 e. The molecule has 1 aromatic rings. The SMILES string of the molecule is NC1N=Nc2cccnc21. The van der Waals surface area contributed by atoms with Crippen LogP contribution >= 0.6 is 0 Å². The van der Waals surface area contributed by atoms with Gasteiger partial charge in [-0.1, -0.05) is 0 Å². The van der Waals surface area contributed by atoms with Crippen molar-refractivity contribution in [3.63, 3.8) is 0 Å². The van der Waals surface area contributed by atoms with Crippen molar-refractivity contribution in [3.05, 3.63) is 24.0 Å². The number of azo groups is 1. The molecule has 1 atom stereocenters. The van der Waals surface area contributed by atoms with Crippen molar-refractivity contribution in [2.24, 2.45) is 16.0 Å². The predicted octanol–water partition coefficient (Wildman–Crippen LogP) is 1.14. The minimum Gasteiger partial charge on any atom is -0.303 e. The van der Waals surface area contributed by atoms with E-state index in [1.54, 1.807) is 6.20 Å². The quantitative estimate of drug-likeness (QED) is 0.578. The maximum absolute atomic E-state index is 5.52. The standard InChI is InChI=1S/C6H6N4/c7-6-5-4(9-10-6)2-1-3-8-5/h1-3,6H,7H2. The normalized spacial score (nSPS) is 21.1. The monoisotopic (exact) mass is 134 g/mol. The minimum atomic E-state index is -0.351. The topological polar surface area (TPSA) is 63.6 Å². The fourth-order valence-electron chi connectivity index (χ4n) is 0.901. The Morgan fingerprint density at radius 3 is 3.20 bits per heavy atom. The van der Waals surface area contributed by atoms with E-state index >= 15 is 0 Å². The van der Waals surface area contributed by atoms with Gasteiger partial charge in [-0.2, -0.15) is 10.2 Å². The Bertz CT molecular complexity index is 281. The first-order valence-corrected chi connectivity index (χ1v) is 2.99. The van der Waals surface area contributed by atoms with Gasteiger partial charge in [0.25, 0.3) is 0 Å². The van der Waals surface area contributed by atoms with Crippen molar-refractivity contribution in [1.29, 1.82) is 0 Å². The third-order valence-electron chi connectivity index (χ3n) is 1.39. The van der Waals surface area contributed by atoms with Crippen molar-refractivity contribution in [2.45, 2.75) is 6.17 Å². The molecule has 0 spiro atoms. The van der Waals surface area contributed by atoms with Gasteiger partial charge in [-0.05, 0) is 12.1 Å². The number of nitrogens with zero attached hydrogens (tertiary/aromatic N) is 3. The van der Waals surface area contributed by atoms with E-state index in [-0.39, 0.29) is 6.17 Å². The molecule has 0 fully saturated rings. The fraction of sp³-hybridized carbons (Fsp3) is 0.167. The van der Waals surface area contributed by atoms with Crippen LogP contribution in [0.15, 0.2) is 28.6 Å². The van der Waals surface area contributed by atoms with E-state index in [2.05, 4.69) is 15.2 Å². The van der Waals surface area contributed by atoms with Crippen LogP contribution < -0.4 is 5.73 Å². The second-order valence-corrected chi connectivity index (χ2v) is 2.07. The maximum atomic E-state index is 5.52. The van der Waals surface area contributed by atoms with Crippen LogP contribution in [0.2, 0.25) is 0 Å². The summed E-state index contributed by atoms with van der Waals surface area (Å²) in [6.07, 6.45) is 1.34. The number of fused-ring (bicyclic) bond motifs is 1. The molecular weight excluding hydrogens is 128 g/mol. The van der Waals surface area contributed by atoms with Crippen molar-refractivity contribution >= 4 is 5.69 Å². The van der Waals surface area contributed by atoms with Crippen LogP contribution in [0.3, 0.4) is 0 Å². The molecule has 2 rings (SSSR count). The summed E-state index contributed by atoms with van der Waals surface area (Å²) in [5.74, 6) is 0. The number of hydrogen-bond acceptors (Lipinski definition) is 4. The lowest BCUT2D eigenvalue weighted by Crippen LogP contribution is -2.04. The van der Waals surface area contributed by atoms with Crippen LogP contribution in [0.1, 0.15) is 11.9 Å². The molecule has 1 aromatic heterocycles. The van der Waals surface area contributed by atoms with Crippen LogP contribution in [0.5, 0.6) is 0 Å². The summed E-state index contributed by atoms with van der Waals surface area (Å²) in [7, 11) is 0. The summed E-state index contributed by atoms with van der Waals surface area (Å²) in [6, 6.07) is 3.66. The van der Waals surface area contributed by atoms with Crippen molar-refractivity contribution in [1.82, 2.24) is 4.98 Å². The number of aromatic nitrogens is 1. The molecular formula is C6H6N4. The molecule has 0 amide bonds. The van der Waals surface area contributed by atoms with Gasteiger partial charge < -0.3 is 5.73 Å². The molecule has 0 bridgehead atoms. The summed E-state index contributed by atoms with van der Waals surface area (Å²) < 4.78 is 0. The first-order chi connectivity index (χ1) is 4.88. The average molecular weight is 134 g/mol. The molecule has 0 aliphatic carbocycles. The van der Waals surface area contributed by atoms with E-state index in [9.17, 15) is 0 Å². The molecule has 2 N–H and O–H groups in total. The summed E-state index contributed by atoms with van der Waals surface area (Å²) in [5.41, 5.74) is 7.08. The average Bonchev–Trinajstić information content (AvgIpc) is 2.34. The molecule has 0 aromatic carbocycles. The van der Waals surface area contributed by atoms with Crippen LogP contribution in [-0.4, -0.2) is 4.98 Å². The van der Waals surface area contributed by atoms with Crippen LogP contribution in [-0.2, 0) is 0 Å². The molecule has 0 saturated carbocycles. The Hall–Kier alpha value is -1.29. The van der Waals surface area contributed by atoms with Gasteiger partial charge in [-0.25, -0.2) is 0 Å². The number of rotatable bonds is 0. The van der Waals surface area contributed by atoms with Gasteiger partial charge in [0.05, 0.1) is 0 Å². The Morgan fingerprint density at radius 2 is 2.40 bits per heavy atom. The number of pyridine rings is 1. The highest BCUT2D eigenvalue weighted by Gasteiger charge is 2.16. The Morgan fingerprint density at radius 1 is 1.50 bits per heavy atom. The van der Waals surface area contributed by atoms with E-state index in [0.717, 1.165) is 11.4 Å². The Kier molecular flexibility index (Phi) is 1.01. The lowest BCUT2D eigenvalue weighted by atomic mass is 10.3. The predicted molar refractivity (Wildman–Crippen MR) is 35.7 cm³/mol. The molecule has 4 nitrogen and oxygen atoms in total. The zero-order chi connectivity index (χ0) is 6.97. The first-order valence-electron chi connectivity index (χ1n) is 2.99. The molecule has 4 heteroatoms. The number of hydrogen-bond donors (Lipinski definition) is 1. The second kappa shape index (κ2) is 1.85. The van der Waals surface area contributed by atoms with Gasteiger partial charge in [-0.3, -0.25) is 4.98 Å². The van der Waals surface area contributed by atoms with Crippen molar-refractivity contribution < 1.29 is 0 Å². The first kappa shape index (κ1) is 5.49. The van der Waals surface area contributed by atoms with Crippen molar-refractivity contribution in [3.8, 4) is 0 Å². The molecule has 0 saturated heterocycles. The third kappa shape index (κ3) is 0.625. The van der Waals surface area contributed by atoms with E-state index in [4.69, 9.17) is 5.73 Å². The summed E-state index contributed by atoms with van der Waals surface area (Å²) in [5, 5.41) is 7.56. The van der Waals surface area contributed by atoms with E-state index in [1.165, 1.54) is 0 Å². The highest BCUT2D eigenvalue weighted by atomic mass is 15.2. The lowest BCUT2D eigenvalue weighted by Gasteiger charge is -1.96. The molecule has 0 radical (unpaired) electrons. The smallest absolute Gasteiger partial charge is 0.163 e. The van der Waals surface area contributed by atoms with Crippen LogP contribution in [0.25, 0.3) is 0 Å². The summed E-state index contributed by atoms with van der Waals surface area (Å²) in [4.78, 5) is 4.03. The van der Waals surface area contributed by atoms with Gasteiger partial charge >= 0.3 is 0 Å². The molecule has 2 heterocycles. The molecule has 1 aliphatic rings. The second-order valence-electron chi connectivity index (χ2n) is 2.07. The van der Waals surface area contributed by atoms with Gasteiger partial charge in [0.1, 0.15) is 11.4 Å². The van der Waals surface area contributed by atoms with Gasteiger partial charge in [0, 0.05) is 6.20 Å². The van der Waals surface area contributed by atoms with Gasteiger partial charge in [0.2, 0.25) is 0 Å². The zero-order valence-corrected chi connectivity index (χ0v) is 5.23. The van der Waals surface area contributed by atoms with E-state index in [0.29, 0.717) is 0 Å². The highest BCUT2D eigenvalue weighted by Crippen LogP contribution is 2.29. The molecule has 1 unspecified atom stereocenters. The number of nitrogens with two attached hydrogens (primary N) is 1. The van der Waals surface area contributed by atoms with E-state index in [1.807, 2.05) is 12.1 Å². The fourth-order valence-corrected chi connectivity index (χ4v) is 0.901. The molecule has 1 aliphatic heterocycles. The minimum absolute atomic E-state index is 0.351. The summed E-state index contributed by atoms with van der Waals surface area (Å²) in [6.45, 7) is 0. The highest BCUT2D eigenvalue weighted by molar-refractivity contribution is 5.44. The summed E-state index contributed by atoms with van der Waals surface area (Å²) >= 11 is 0. The van der Waals surface area contributed by atoms with Crippen LogP contribution in [0.4, 0.5) is 5.69 Å². The van der Waals surface area contributed by atoms with Gasteiger partial charge in [0.15, 0.2) is 6.17 Å².